The van der Waals surface area contributed by atoms with Crippen LogP contribution in [0.25, 0.3) is 0 Å². The summed E-state index contributed by atoms with van der Waals surface area (Å²) in [6.07, 6.45) is 8.74. The van der Waals surface area contributed by atoms with Gasteiger partial charge in [0.25, 0.3) is 5.91 Å². The van der Waals surface area contributed by atoms with Crippen LogP contribution in [0, 0.1) is 5.92 Å². The first-order valence-corrected chi connectivity index (χ1v) is 7.29. The van der Waals surface area contributed by atoms with Gasteiger partial charge in [-0.25, -0.2) is 0 Å². The molecule has 2 N–H and O–H groups in total. The van der Waals surface area contributed by atoms with Crippen molar-refractivity contribution >= 4 is 17.8 Å². The van der Waals surface area contributed by atoms with Crippen LogP contribution < -0.4 is 10.6 Å². The number of aromatic nitrogens is 1. The molecule has 1 aromatic heterocycles. The summed E-state index contributed by atoms with van der Waals surface area (Å²) < 4.78 is 5.12. The fraction of sp³-hybridized carbons (Fsp3) is 0.643. The van der Waals surface area contributed by atoms with Gasteiger partial charge in [-0.1, -0.05) is 19.3 Å². The minimum atomic E-state index is -0.229. The lowest BCUT2D eigenvalue weighted by Crippen LogP contribution is -2.36. The summed E-state index contributed by atoms with van der Waals surface area (Å²) in [5, 5.41) is 5.55. The number of nitrogens with zero attached hydrogens (tertiary/aromatic N) is 1. The molecule has 1 aromatic rings. The zero-order chi connectivity index (χ0) is 13.9. The summed E-state index contributed by atoms with van der Waals surface area (Å²) in [7, 11) is 0. The van der Waals surface area contributed by atoms with Crippen molar-refractivity contribution in [1.82, 2.24) is 10.3 Å². The molecule has 1 heterocycles. The van der Waals surface area contributed by atoms with E-state index in [9.17, 15) is 9.59 Å². The second-order valence-electron chi connectivity index (χ2n) is 5.61. The van der Waals surface area contributed by atoms with Crippen molar-refractivity contribution < 1.29 is 14.0 Å². The van der Waals surface area contributed by atoms with Crippen LogP contribution in [-0.2, 0) is 4.79 Å². The van der Waals surface area contributed by atoms with E-state index in [2.05, 4.69) is 15.6 Å². The maximum atomic E-state index is 12.0. The van der Waals surface area contributed by atoms with E-state index in [1.165, 1.54) is 12.7 Å². The quantitative estimate of drug-likeness (QED) is 0.882. The van der Waals surface area contributed by atoms with Gasteiger partial charge < -0.3 is 9.73 Å². The molecule has 0 saturated heterocycles. The third-order valence-corrected chi connectivity index (χ3v) is 3.86. The van der Waals surface area contributed by atoms with Crippen molar-refractivity contribution in [2.45, 2.75) is 51.0 Å². The van der Waals surface area contributed by atoms with Gasteiger partial charge in [0.05, 0.1) is 0 Å². The Labute approximate surface area is 117 Å². The predicted molar refractivity (Wildman–Crippen MR) is 72.2 cm³/mol. The highest BCUT2D eigenvalue weighted by Gasteiger charge is 2.30. The van der Waals surface area contributed by atoms with E-state index in [1.807, 2.05) is 0 Å². The second kappa shape index (κ2) is 5.64. The Hall–Kier alpha value is -1.85. The van der Waals surface area contributed by atoms with Crippen molar-refractivity contribution in [1.29, 1.82) is 0 Å². The van der Waals surface area contributed by atoms with Gasteiger partial charge in [-0.3, -0.25) is 14.9 Å². The summed E-state index contributed by atoms with van der Waals surface area (Å²) in [5.41, 5.74) is 0.224. The molecule has 0 bridgehead atoms. The number of amides is 2. The van der Waals surface area contributed by atoms with Gasteiger partial charge in [0.2, 0.25) is 5.91 Å². The molecule has 2 aliphatic carbocycles. The summed E-state index contributed by atoms with van der Waals surface area (Å²) in [6.45, 7) is 0. The summed E-state index contributed by atoms with van der Waals surface area (Å²) in [6, 6.07) is 0.341. The smallest absolute Gasteiger partial charge is 0.302 e. The molecule has 2 fully saturated rings. The fourth-order valence-electron chi connectivity index (χ4n) is 2.49. The highest BCUT2D eigenvalue weighted by Crippen LogP contribution is 2.30. The van der Waals surface area contributed by atoms with E-state index in [-0.39, 0.29) is 35.5 Å². The Morgan fingerprint density at radius 1 is 1.15 bits per heavy atom. The van der Waals surface area contributed by atoms with E-state index in [0.29, 0.717) is 0 Å². The average molecular weight is 277 g/mol. The normalized spacial score (nSPS) is 19.6. The third kappa shape index (κ3) is 3.18. The molecule has 2 aliphatic rings. The standard InChI is InChI=1S/C14H19N3O3/c18-12(9-6-7-9)17-14-16-11(8-20-14)13(19)15-10-4-2-1-3-5-10/h8-10H,1-7H2,(H,15,19)(H,16,17,18). The van der Waals surface area contributed by atoms with Crippen molar-refractivity contribution in [2.75, 3.05) is 5.32 Å². The molecule has 6 heteroatoms. The molecule has 6 nitrogen and oxygen atoms in total. The van der Waals surface area contributed by atoms with Gasteiger partial charge >= 0.3 is 6.01 Å². The predicted octanol–water partition coefficient (Wildman–Crippen LogP) is 2.09. The van der Waals surface area contributed by atoms with E-state index in [4.69, 9.17) is 4.42 Å². The largest absolute Gasteiger partial charge is 0.431 e. The highest BCUT2D eigenvalue weighted by molar-refractivity contribution is 5.94. The van der Waals surface area contributed by atoms with Crippen LogP contribution in [0.15, 0.2) is 10.7 Å². The average Bonchev–Trinajstić information content (AvgIpc) is 3.20. The van der Waals surface area contributed by atoms with Gasteiger partial charge in [-0.15, -0.1) is 0 Å². The van der Waals surface area contributed by atoms with Crippen LogP contribution in [-0.4, -0.2) is 22.8 Å². The summed E-state index contributed by atoms with van der Waals surface area (Å²) in [4.78, 5) is 27.6. The first kappa shape index (κ1) is 13.1. The Kier molecular flexibility index (Phi) is 3.71. The van der Waals surface area contributed by atoms with Crippen molar-refractivity contribution in [3.8, 4) is 0 Å². The highest BCUT2D eigenvalue weighted by atomic mass is 16.4. The van der Waals surface area contributed by atoms with Gasteiger partial charge in [-0.2, -0.15) is 4.98 Å². The monoisotopic (exact) mass is 277 g/mol. The maximum absolute atomic E-state index is 12.0. The van der Waals surface area contributed by atoms with Gasteiger partial charge in [0, 0.05) is 12.0 Å². The molecule has 0 spiro atoms. The zero-order valence-corrected chi connectivity index (χ0v) is 11.4. The number of oxazole rings is 1. The number of hydrogen-bond donors (Lipinski definition) is 2. The van der Waals surface area contributed by atoms with E-state index in [1.54, 1.807) is 0 Å². The minimum Gasteiger partial charge on any atom is -0.431 e. The first-order chi connectivity index (χ1) is 9.72. The first-order valence-electron chi connectivity index (χ1n) is 7.29. The maximum Gasteiger partial charge on any atom is 0.302 e. The van der Waals surface area contributed by atoms with Crippen LogP contribution in [0.3, 0.4) is 0 Å². The lowest BCUT2D eigenvalue weighted by atomic mass is 9.95. The van der Waals surface area contributed by atoms with Crippen LogP contribution in [0.5, 0.6) is 0 Å². The lowest BCUT2D eigenvalue weighted by molar-refractivity contribution is -0.117. The van der Waals surface area contributed by atoms with Gasteiger partial charge in [0.15, 0.2) is 5.69 Å². The molecule has 0 radical (unpaired) electrons. The molecule has 108 valence electrons. The molecular weight excluding hydrogens is 258 g/mol. The Balaban J connectivity index is 1.54. The molecular formula is C14H19N3O3. The van der Waals surface area contributed by atoms with Crippen LogP contribution in [0.2, 0.25) is 0 Å². The van der Waals surface area contributed by atoms with Crippen molar-refractivity contribution in [3.05, 3.63) is 12.0 Å². The molecule has 0 atom stereocenters. The molecule has 0 aliphatic heterocycles. The van der Waals surface area contributed by atoms with E-state index in [0.717, 1.165) is 38.5 Å². The fourth-order valence-corrected chi connectivity index (χ4v) is 2.49. The molecule has 20 heavy (non-hydrogen) atoms. The molecule has 0 unspecified atom stereocenters. The minimum absolute atomic E-state index is 0.0777. The van der Waals surface area contributed by atoms with E-state index < -0.39 is 0 Å². The molecule has 3 rings (SSSR count). The lowest BCUT2D eigenvalue weighted by Gasteiger charge is -2.22. The molecule has 2 saturated carbocycles. The summed E-state index contributed by atoms with van der Waals surface area (Å²) in [5.74, 6) is -0.222. The SMILES string of the molecule is O=C(NC1CCCCC1)c1coc(NC(=O)C2CC2)n1. The number of nitrogens with one attached hydrogen (secondary N) is 2. The Morgan fingerprint density at radius 2 is 1.90 bits per heavy atom. The van der Waals surface area contributed by atoms with Crippen molar-refractivity contribution in [2.24, 2.45) is 5.92 Å². The van der Waals surface area contributed by atoms with Crippen molar-refractivity contribution in [3.63, 3.8) is 0 Å². The topological polar surface area (TPSA) is 84.2 Å². The van der Waals surface area contributed by atoms with Gasteiger partial charge in [0.1, 0.15) is 6.26 Å². The number of anilines is 1. The second-order valence-corrected chi connectivity index (χ2v) is 5.61. The third-order valence-electron chi connectivity index (χ3n) is 3.86. The summed E-state index contributed by atoms with van der Waals surface area (Å²) >= 11 is 0. The Morgan fingerprint density at radius 3 is 2.60 bits per heavy atom. The number of carbonyl (C=O) groups is 2. The number of hydrogen-bond acceptors (Lipinski definition) is 4. The van der Waals surface area contributed by atoms with Crippen LogP contribution in [0.1, 0.15) is 55.4 Å². The van der Waals surface area contributed by atoms with Gasteiger partial charge in [-0.05, 0) is 25.7 Å². The molecule has 2 amide bonds. The van der Waals surface area contributed by atoms with E-state index >= 15 is 0 Å². The number of carbonyl (C=O) groups excluding carboxylic acids is 2. The number of rotatable bonds is 4. The zero-order valence-electron chi connectivity index (χ0n) is 11.4. The molecule has 0 aromatic carbocycles. The van der Waals surface area contributed by atoms with Crippen LogP contribution in [0.4, 0.5) is 6.01 Å². The Bertz CT molecular complexity index is 502. The van der Waals surface area contributed by atoms with Crippen LogP contribution >= 0.6 is 0 Å².